The van der Waals surface area contributed by atoms with Crippen LogP contribution in [0.15, 0.2) is 10.5 Å². The zero-order chi connectivity index (χ0) is 13.4. The van der Waals surface area contributed by atoms with Crippen molar-refractivity contribution in [2.75, 3.05) is 13.6 Å². The van der Waals surface area contributed by atoms with Gasteiger partial charge in [0.1, 0.15) is 11.5 Å². The zero-order valence-corrected chi connectivity index (χ0v) is 12.4. The summed E-state index contributed by atoms with van der Waals surface area (Å²) in [6.45, 7) is 7.56. The largest absolute Gasteiger partial charge is 0.465 e. The Morgan fingerprint density at radius 2 is 2.16 bits per heavy atom. The van der Waals surface area contributed by atoms with E-state index in [2.05, 4.69) is 37.2 Å². The lowest BCUT2D eigenvalue weighted by molar-refractivity contribution is 0.305. The second-order valence-electron chi connectivity index (χ2n) is 6.62. The summed E-state index contributed by atoms with van der Waals surface area (Å²) in [6.07, 6.45) is 4.06. The third-order valence-electron chi connectivity index (χ3n) is 4.48. The molecule has 0 aliphatic heterocycles. The van der Waals surface area contributed by atoms with Crippen LogP contribution in [0.2, 0.25) is 0 Å². The molecule has 1 heterocycles. The molecule has 2 unspecified atom stereocenters. The van der Waals surface area contributed by atoms with Crippen molar-refractivity contribution < 1.29 is 4.42 Å². The second-order valence-corrected chi connectivity index (χ2v) is 6.62. The normalized spacial score (nSPS) is 26.1. The lowest BCUT2D eigenvalue weighted by Gasteiger charge is -2.15. The summed E-state index contributed by atoms with van der Waals surface area (Å²) >= 11 is 0. The summed E-state index contributed by atoms with van der Waals surface area (Å²) < 4.78 is 5.85. The van der Waals surface area contributed by atoms with Crippen LogP contribution in [-0.4, -0.2) is 24.5 Å². The predicted octanol–water partition coefficient (Wildman–Crippen LogP) is 2.93. The van der Waals surface area contributed by atoms with Crippen molar-refractivity contribution in [2.45, 2.75) is 52.2 Å². The van der Waals surface area contributed by atoms with Crippen molar-refractivity contribution in [1.82, 2.24) is 10.2 Å². The maximum atomic E-state index is 5.85. The molecule has 0 radical (unpaired) electrons. The van der Waals surface area contributed by atoms with E-state index in [0.717, 1.165) is 42.5 Å². The zero-order valence-electron chi connectivity index (χ0n) is 12.4. The molecule has 1 aromatic rings. The number of nitrogens with zero attached hydrogens (tertiary/aromatic N) is 1. The molecule has 2 saturated carbocycles. The van der Waals surface area contributed by atoms with Crippen LogP contribution in [0, 0.1) is 18.8 Å². The van der Waals surface area contributed by atoms with E-state index in [1.807, 2.05) is 0 Å². The van der Waals surface area contributed by atoms with E-state index in [0.29, 0.717) is 0 Å². The minimum atomic E-state index is 0.743. The fourth-order valence-corrected chi connectivity index (χ4v) is 2.77. The number of nitrogens with one attached hydrogen (secondary N) is 1. The van der Waals surface area contributed by atoms with Crippen molar-refractivity contribution >= 4 is 0 Å². The Kier molecular flexibility index (Phi) is 3.68. The summed E-state index contributed by atoms with van der Waals surface area (Å²) in [5, 5.41) is 3.51. The highest BCUT2D eigenvalue weighted by Gasteiger charge is 2.33. The topological polar surface area (TPSA) is 28.4 Å². The van der Waals surface area contributed by atoms with Gasteiger partial charge in [0.05, 0.1) is 6.54 Å². The van der Waals surface area contributed by atoms with E-state index in [1.54, 1.807) is 0 Å². The number of hydrogen-bond acceptors (Lipinski definition) is 3. The SMILES string of the molecule is Cc1oc(CNC2CC2)cc1CN(C)CC1CC1C. The molecule has 2 aliphatic carbocycles. The third kappa shape index (κ3) is 3.61. The first-order valence-corrected chi connectivity index (χ1v) is 7.62. The van der Waals surface area contributed by atoms with Gasteiger partial charge >= 0.3 is 0 Å². The van der Waals surface area contributed by atoms with Gasteiger partial charge in [-0.1, -0.05) is 6.92 Å². The molecule has 0 bridgehead atoms. The smallest absolute Gasteiger partial charge is 0.118 e. The Morgan fingerprint density at radius 3 is 2.79 bits per heavy atom. The van der Waals surface area contributed by atoms with Crippen molar-refractivity contribution in [3.8, 4) is 0 Å². The van der Waals surface area contributed by atoms with Gasteiger partial charge in [0.25, 0.3) is 0 Å². The minimum absolute atomic E-state index is 0.743. The molecule has 3 nitrogen and oxygen atoms in total. The summed E-state index contributed by atoms with van der Waals surface area (Å²) in [7, 11) is 2.22. The highest BCUT2D eigenvalue weighted by molar-refractivity contribution is 5.21. The van der Waals surface area contributed by atoms with E-state index in [4.69, 9.17) is 4.42 Å². The molecular formula is C16H26N2O. The average molecular weight is 262 g/mol. The van der Waals surface area contributed by atoms with Gasteiger partial charge in [-0.25, -0.2) is 0 Å². The van der Waals surface area contributed by atoms with Gasteiger partial charge in [-0.3, -0.25) is 0 Å². The van der Waals surface area contributed by atoms with Gasteiger partial charge in [-0.2, -0.15) is 0 Å². The van der Waals surface area contributed by atoms with E-state index in [-0.39, 0.29) is 0 Å². The first-order valence-electron chi connectivity index (χ1n) is 7.62. The molecule has 0 aromatic carbocycles. The van der Waals surface area contributed by atoms with E-state index >= 15 is 0 Å². The summed E-state index contributed by atoms with van der Waals surface area (Å²) in [4.78, 5) is 2.43. The molecular weight excluding hydrogens is 236 g/mol. The molecule has 0 saturated heterocycles. The molecule has 2 fully saturated rings. The number of furan rings is 1. The predicted molar refractivity (Wildman–Crippen MR) is 76.9 cm³/mol. The molecule has 19 heavy (non-hydrogen) atoms. The van der Waals surface area contributed by atoms with Crippen LogP contribution in [0.3, 0.4) is 0 Å². The van der Waals surface area contributed by atoms with Gasteiger partial charge in [0.15, 0.2) is 0 Å². The van der Waals surface area contributed by atoms with Crippen LogP contribution in [0.1, 0.15) is 43.3 Å². The molecule has 106 valence electrons. The van der Waals surface area contributed by atoms with Crippen molar-refractivity contribution in [3.63, 3.8) is 0 Å². The van der Waals surface area contributed by atoms with E-state index < -0.39 is 0 Å². The number of hydrogen-bond donors (Lipinski definition) is 1. The Labute approximate surface area is 116 Å². The van der Waals surface area contributed by atoms with Gasteiger partial charge in [-0.05, 0) is 51.1 Å². The molecule has 1 N–H and O–H groups in total. The lowest BCUT2D eigenvalue weighted by atomic mass is 10.2. The Balaban J connectivity index is 1.50. The van der Waals surface area contributed by atoms with E-state index in [9.17, 15) is 0 Å². The number of rotatable bonds is 7. The molecule has 0 spiro atoms. The third-order valence-corrected chi connectivity index (χ3v) is 4.48. The van der Waals surface area contributed by atoms with Crippen molar-refractivity contribution in [2.24, 2.45) is 11.8 Å². The fourth-order valence-electron chi connectivity index (χ4n) is 2.77. The number of aryl methyl sites for hydroxylation is 1. The molecule has 2 aliphatic rings. The first kappa shape index (κ1) is 13.2. The van der Waals surface area contributed by atoms with Gasteiger partial charge in [0.2, 0.25) is 0 Å². The molecule has 1 aromatic heterocycles. The maximum Gasteiger partial charge on any atom is 0.118 e. The van der Waals surface area contributed by atoms with Gasteiger partial charge < -0.3 is 14.6 Å². The Hall–Kier alpha value is -0.800. The summed E-state index contributed by atoms with van der Waals surface area (Å²) in [6, 6.07) is 2.98. The lowest BCUT2D eigenvalue weighted by Crippen LogP contribution is -2.21. The quantitative estimate of drug-likeness (QED) is 0.819. The van der Waals surface area contributed by atoms with Gasteiger partial charge in [-0.15, -0.1) is 0 Å². The van der Waals surface area contributed by atoms with Crippen molar-refractivity contribution in [1.29, 1.82) is 0 Å². The maximum absolute atomic E-state index is 5.85. The monoisotopic (exact) mass is 262 g/mol. The Morgan fingerprint density at radius 1 is 1.42 bits per heavy atom. The molecule has 0 amide bonds. The van der Waals surface area contributed by atoms with Gasteiger partial charge in [0, 0.05) is 24.7 Å². The van der Waals surface area contributed by atoms with Crippen LogP contribution in [0.4, 0.5) is 0 Å². The van der Waals surface area contributed by atoms with Crippen LogP contribution in [-0.2, 0) is 13.1 Å². The fraction of sp³-hybridized carbons (Fsp3) is 0.750. The standard InChI is InChI=1S/C16H26N2O/c1-11-6-13(11)9-18(3)10-14-7-16(19-12(14)2)8-17-15-4-5-15/h7,11,13,15,17H,4-6,8-10H2,1-3H3. The van der Waals surface area contributed by atoms with Crippen LogP contribution >= 0.6 is 0 Å². The summed E-state index contributed by atoms with van der Waals surface area (Å²) in [5.41, 5.74) is 1.35. The first-order chi connectivity index (χ1) is 9.11. The van der Waals surface area contributed by atoms with Crippen LogP contribution < -0.4 is 5.32 Å². The average Bonchev–Trinajstić information content (AvgIpc) is 3.24. The molecule has 2 atom stereocenters. The molecule has 3 heteroatoms. The highest BCUT2D eigenvalue weighted by atomic mass is 16.3. The highest BCUT2D eigenvalue weighted by Crippen LogP contribution is 2.38. The summed E-state index contributed by atoms with van der Waals surface area (Å²) in [5.74, 6) is 4.04. The minimum Gasteiger partial charge on any atom is -0.465 e. The second kappa shape index (κ2) is 5.29. The Bertz CT molecular complexity index is 436. The van der Waals surface area contributed by atoms with Crippen LogP contribution in [0.5, 0.6) is 0 Å². The molecule has 3 rings (SSSR count). The van der Waals surface area contributed by atoms with E-state index in [1.165, 1.54) is 31.4 Å². The van der Waals surface area contributed by atoms with Crippen molar-refractivity contribution in [3.05, 3.63) is 23.2 Å². The van der Waals surface area contributed by atoms with Crippen LogP contribution in [0.25, 0.3) is 0 Å².